The highest BCUT2D eigenvalue weighted by molar-refractivity contribution is 9.10. The molecule has 4 aromatic rings. The number of methoxy groups -OCH3 is 1. The number of halogens is 1. The molecule has 2 heterocycles. The van der Waals surface area contributed by atoms with Crippen LogP contribution in [0.4, 0.5) is 0 Å². The Morgan fingerprint density at radius 2 is 1.88 bits per heavy atom. The minimum atomic E-state index is -0.659. The fourth-order valence-electron chi connectivity index (χ4n) is 4.74. The van der Waals surface area contributed by atoms with Crippen LogP contribution in [0.25, 0.3) is 6.08 Å². The molecule has 0 amide bonds. The topological polar surface area (TPSA) is 79.1 Å². The molecule has 0 bridgehead atoms. The lowest BCUT2D eigenvalue weighted by molar-refractivity contribution is -0.139. The number of nitrogens with zero attached hydrogens (tertiary/aromatic N) is 2. The Morgan fingerprint density at radius 3 is 2.55 bits per heavy atom. The van der Waals surface area contributed by atoms with Crippen molar-refractivity contribution >= 4 is 51.1 Å². The van der Waals surface area contributed by atoms with E-state index in [4.69, 9.17) is 14.2 Å². The SMILES string of the molecule is CCOC(=O)C1=C(C)N=c2s/c(=C\c3cc(Br)c(OCc4ccccc4)c(OC)c3)c(=O)n2[C@@H]1c1ccc(SC)cc1. The van der Waals surface area contributed by atoms with Crippen molar-refractivity contribution in [2.75, 3.05) is 20.0 Å². The largest absolute Gasteiger partial charge is 0.493 e. The zero-order valence-corrected chi connectivity index (χ0v) is 26.8. The standard InChI is InChI=1S/C32H29BrN2O5S2/c1-5-39-31(37)27-19(2)34-32-35(28(27)22-11-13-23(41-4)14-12-22)30(36)26(42-32)17-21-15-24(33)29(25(16-21)38-3)40-18-20-9-7-6-8-10-20/h6-17,28H,5,18H2,1-4H3/b26-17-/t28-/m1/s1. The van der Waals surface area contributed by atoms with Crippen molar-refractivity contribution in [1.82, 2.24) is 4.57 Å². The van der Waals surface area contributed by atoms with E-state index in [9.17, 15) is 9.59 Å². The number of hydrogen-bond donors (Lipinski definition) is 0. The molecule has 0 fully saturated rings. The van der Waals surface area contributed by atoms with Crippen LogP contribution in [0.2, 0.25) is 0 Å². The number of thioether (sulfide) groups is 1. The van der Waals surface area contributed by atoms with Gasteiger partial charge in [0.1, 0.15) is 6.61 Å². The van der Waals surface area contributed by atoms with E-state index in [0.29, 0.717) is 43.2 Å². The van der Waals surface area contributed by atoms with E-state index in [1.807, 2.05) is 73.0 Å². The summed E-state index contributed by atoms with van der Waals surface area (Å²) in [6, 6.07) is 20.8. The third-order valence-electron chi connectivity index (χ3n) is 6.72. The molecule has 0 saturated heterocycles. The molecular weight excluding hydrogens is 636 g/mol. The number of aromatic nitrogens is 1. The maximum Gasteiger partial charge on any atom is 0.338 e. The predicted octanol–water partition coefficient (Wildman–Crippen LogP) is 5.87. The average molecular weight is 666 g/mol. The highest BCUT2D eigenvalue weighted by Crippen LogP contribution is 2.37. The van der Waals surface area contributed by atoms with E-state index in [0.717, 1.165) is 21.6 Å². The number of hydrogen-bond acceptors (Lipinski definition) is 8. The fraction of sp³-hybridized carbons (Fsp3) is 0.219. The van der Waals surface area contributed by atoms with Gasteiger partial charge in [-0.3, -0.25) is 9.36 Å². The molecular formula is C32H29BrN2O5S2. The average Bonchev–Trinajstić information content (AvgIpc) is 3.30. The molecule has 1 aliphatic heterocycles. The van der Waals surface area contributed by atoms with E-state index in [1.54, 1.807) is 43.4 Å². The second kappa shape index (κ2) is 13.1. The van der Waals surface area contributed by atoms with Crippen LogP contribution in [0.1, 0.15) is 36.6 Å². The van der Waals surface area contributed by atoms with Gasteiger partial charge in [-0.25, -0.2) is 9.79 Å². The van der Waals surface area contributed by atoms with Crippen molar-refractivity contribution < 1.29 is 19.0 Å². The van der Waals surface area contributed by atoms with Gasteiger partial charge in [0.25, 0.3) is 5.56 Å². The Balaban J connectivity index is 1.58. The number of fused-ring (bicyclic) bond motifs is 1. The Labute approximate surface area is 260 Å². The summed E-state index contributed by atoms with van der Waals surface area (Å²) < 4.78 is 19.9. The van der Waals surface area contributed by atoms with Crippen LogP contribution in [-0.4, -0.2) is 30.5 Å². The molecule has 3 aromatic carbocycles. The van der Waals surface area contributed by atoms with E-state index in [2.05, 4.69) is 20.9 Å². The molecule has 0 aliphatic carbocycles. The summed E-state index contributed by atoms with van der Waals surface area (Å²) in [4.78, 5) is 33.3. The third kappa shape index (κ3) is 6.11. The van der Waals surface area contributed by atoms with Crippen LogP contribution in [0.15, 0.2) is 97.2 Å². The molecule has 0 N–H and O–H groups in total. The van der Waals surface area contributed by atoms with Crippen LogP contribution < -0.4 is 24.4 Å². The number of allylic oxidation sites excluding steroid dienone is 1. The Kier molecular flexibility index (Phi) is 9.35. The van der Waals surface area contributed by atoms with Gasteiger partial charge in [-0.15, -0.1) is 11.8 Å². The lowest BCUT2D eigenvalue weighted by Crippen LogP contribution is -2.39. The van der Waals surface area contributed by atoms with Gasteiger partial charge in [-0.2, -0.15) is 0 Å². The summed E-state index contributed by atoms with van der Waals surface area (Å²) >= 11 is 6.52. The van der Waals surface area contributed by atoms with Crippen LogP contribution in [0.3, 0.4) is 0 Å². The molecule has 0 radical (unpaired) electrons. The molecule has 42 heavy (non-hydrogen) atoms. The van der Waals surface area contributed by atoms with Gasteiger partial charge < -0.3 is 14.2 Å². The summed E-state index contributed by atoms with van der Waals surface area (Å²) in [7, 11) is 1.58. The summed E-state index contributed by atoms with van der Waals surface area (Å²) in [5.41, 5.74) is 3.24. The molecule has 0 unspecified atom stereocenters. The number of esters is 1. The maximum absolute atomic E-state index is 14.0. The third-order valence-corrected chi connectivity index (χ3v) is 9.04. The molecule has 7 nitrogen and oxygen atoms in total. The van der Waals surface area contributed by atoms with E-state index in [1.165, 1.54) is 11.3 Å². The van der Waals surface area contributed by atoms with Gasteiger partial charge in [0, 0.05) is 4.90 Å². The van der Waals surface area contributed by atoms with Gasteiger partial charge in [0.2, 0.25) is 0 Å². The number of thiazole rings is 1. The van der Waals surface area contributed by atoms with Crippen molar-refractivity contribution in [2.24, 2.45) is 4.99 Å². The minimum Gasteiger partial charge on any atom is -0.493 e. The first kappa shape index (κ1) is 29.9. The maximum atomic E-state index is 14.0. The van der Waals surface area contributed by atoms with Crippen molar-refractivity contribution in [3.8, 4) is 11.5 Å². The van der Waals surface area contributed by atoms with Crippen molar-refractivity contribution in [2.45, 2.75) is 31.4 Å². The molecule has 0 saturated carbocycles. The lowest BCUT2D eigenvalue weighted by atomic mass is 9.96. The highest BCUT2D eigenvalue weighted by atomic mass is 79.9. The highest BCUT2D eigenvalue weighted by Gasteiger charge is 2.33. The Morgan fingerprint density at radius 1 is 1.14 bits per heavy atom. The number of rotatable bonds is 9. The summed E-state index contributed by atoms with van der Waals surface area (Å²) in [6.07, 6.45) is 3.80. The van der Waals surface area contributed by atoms with Gasteiger partial charge >= 0.3 is 5.97 Å². The van der Waals surface area contributed by atoms with E-state index < -0.39 is 12.0 Å². The number of ether oxygens (including phenoxy) is 3. The molecule has 0 spiro atoms. The Hall–Kier alpha value is -3.60. The quantitative estimate of drug-likeness (QED) is 0.165. The van der Waals surface area contributed by atoms with Crippen LogP contribution in [-0.2, 0) is 16.1 Å². The molecule has 1 aromatic heterocycles. The van der Waals surface area contributed by atoms with Gasteiger partial charge in [-0.05, 0) is 83.1 Å². The zero-order chi connectivity index (χ0) is 29.8. The Bertz CT molecular complexity index is 1830. The molecule has 1 atom stereocenters. The number of carbonyl (C=O) groups excluding carboxylic acids is 1. The normalized spacial score (nSPS) is 14.8. The first-order valence-electron chi connectivity index (χ1n) is 13.2. The smallest absolute Gasteiger partial charge is 0.338 e. The van der Waals surface area contributed by atoms with Crippen molar-refractivity contribution in [3.05, 3.63) is 119 Å². The van der Waals surface area contributed by atoms with E-state index >= 15 is 0 Å². The first-order chi connectivity index (χ1) is 20.3. The van der Waals surface area contributed by atoms with Gasteiger partial charge in [-0.1, -0.05) is 53.8 Å². The second-order valence-electron chi connectivity index (χ2n) is 9.38. The number of carbonyl (C=O) groups is 1. The minimum absolute atomic E-state index is 0.222. The monoisotopic (exact) mass is 664 g/mol. The number of benzene rings is 3. The van der Waals surface area contributed by atoms with E-state index in [-0.39, 0.29) is 12.2 Å². The van der Waals surface area contributed by atoms with Crippen LogP contribution in [0, 0.1) is 0 Å². The molecule has 216 valence electrons. The van der Waals surface area contributed by atoms with Crippen molar-refractivity contribution in [3.63, 3.8) is 0 Å². The summed E-state index contributed by atoms with van der Waals surface area (Å²) in [5, 5.41) is 0. The first-order valence-corrected chi connectivity index (χ1v) is 16.1. The van der Waals surface area contributed by atoms with Gasteiger partial charge in [0.05, 0.1) is 40.0 Å². The second-order valence-corrected chi connectivity index (χ2v) is 12.1. The predicted molar refractivity (Wildman–Crippen MR) is 170 cm³/mol. The fourth-order valence-corrected chi connectivity index (χ4v) is 6.77. The molecule has 5 rings (SSSR count). The van der Waals surface area contributed by atoms with Gasteiger partial charge in [0.15, 0.2) is 16.3 Å². The molecule has 10 heteroatoms. The van der Waals surface area contributed by atoms with Crippen LogP contribution >= 0.6 is 39.0 Å². The summed E-state index contributed by atoms with van der Waals surface area (Å²) in [5.74, 6) is 0.627. The zero-order valence-electron chi connectivity index (χ0n) is 23.5. The molecule has 1 aliphatic rings. The lowest BCUT2D eigenvalue weighted by Gasteiger charge is -2.24. The van der Waals surface area contributed by atoms with Crippen molar-refractivity contribution in [1.29, 1.82) is 0 Å². The van der Waals surface area contributed by atoms with Crippen LogP contribution in [0.5, 0.6) is 11.5 Å². The summed E-state index contributed by atoms with van der Waals surface area (Å²) in [6.45, 7) is 4.15.